The van der Waals surface area contributed by atoms with Gasteiger partial charge in [-0.2, -0.15) is 4.98 Å². The van der Waals surface area contributed by atoms with E-state index in [1.54, 1.807) is 38.1 Å². The molecule has 0 spiro atoms. The van der Waals surface area contributed by atoms with Crippen LogP contribution in [-0.2, 0) is 4.79 Å². The summed E-state index contributed by atoms with van der Waals surface area (Å²) in [5.41, 5.74) is 3.23. The molecular weight excluding hydrogens is 518 g/mol. The van der Waals surface area contributed by atoms with Crippen LogP contribution in [0.3, 0.4) is 0 Å². The van der Waals surface area contributed by atoms with Crippen molar-refractivity contribution >= 4 is 28.3 Å². The Kier molecular flexibility index (Phi) is 6.76. The van der Waals surface area contributed by atoms with Gasteiger partial charge >= 0.3 is 0 Å². The van der Waals surface area contributed by atoms with E-state index in [2.05, 4.69) is 28.8 Å². The molecule has 1 unspecified atom stereocenters. The van der Waals surface area contributed by atoms with E-state index in [9.17, 15) is 4.79 Å². The second-order valence-corrected chi connectivity index (χ2v) is 9.53. The van der Waals surface area contributed by atoms with Gasteiger partial charge in [0.25, 0.3) is 5.91 Å². The minimum absolute atomic E-state index is 0.317. The van der Waals surface area contributed by atoms with Gasteiger partial charge in [-0.15, -0.1) is 5.10 Å². The number of carbonyl (C=O) groups is 1. The van der Waals surface area contributed by atoms with Crippen molar-refractivity contribution in [3.63, 3.8) is 0 Å². The average molecular weight is 548 g/mol. The van der Waals surface area contributed by atoms with Crippen LogP contribution < -0.4 is 24.8 Å². The third-order valence-electron chi connectivity index (χ3n) is 7.21. The predicted molar refractivity (Wildman–Crippen MR) is 159 cm³/mol. The van der Waals surface area contributed by atoms with E-state index in [1.807, 2.05) is 61.5 Å². The number of hydrogen-bond acceptors (Lipinski definition) is 7. The van der Waals surface area contributed by atoms with Crippen molar-refractivity contribution in [2.24, 2.45) is 0 Å². The maximum absolute atomic E-state index is 14.0. The van der Waals surface area contributed by atoms with Crippen LogP contribution in [0.5, 0.6) is 17.2 Å². The normalized spacial score (nSPS) is 14.3. The number of carbonyl (C=O) groups excluding carboxylic acids is 1. The summed E-state index contributed by atoms with van der Waals surface area (Å²) in [4.78, 5) is 18.9. The van der Waals surface area contributed by atoms with Gasteiger partial charge in [-0.25, -0.2) is 4.68 Å². The van der Waals surface area contributed by atoms with Crippen LogP contribution >= 0.6 is 0 Å². The number of rotatable bonds is 7. The fourth-order valence-corrected chi connectivity index (χ4v) is 5.33. The molecule has 1 atom stereocenters. The predicted octanol–water partition coefficient (Wildman–Crippen LogP) is 6.05. The van der Waals surface area contributed by atoms with Crippen LogP contribution in [0.15, 0.2) is 96.2 Å². The maximum Gasteiger partial charge on any atom is 0.255 e. The molecule has 1 aliphatic rings. The Labute approximate surface area is 237 Å². The van der Waals surface area contributed by atoms with Crippen LogP contribution in [0.1, 0.15) is 18.5 Å². The summed E-state index contributed by atoms with van der Waals surface area (Å²) < 4.78 is 18.6. The first kappa shape index (κ1) is 25.9. The number of allylic oxidation sites excluding steroid dienone is 1. The van der Waals surface area contributed by atoms with Crippen molar-refractivity contribution in [2.45, 2.75) is 13.0 Å². The number of amides is 1. The van der Waals surface area contributed by atoms with Gasteiger partial charge in [0.05, 0.1) is 32.6 Å². The number of hydrogen-bond donors (Lipinski definition) is 2. The molecule has 2 N–H and O–H groups in total. The molecule has 0 bridgehead atoms. The van der Waals surface area contributed by atoms with E-state index in [0.29, 0.717) is 51.5 Å². The first-order valence-corrected chi connectivity index (χ1v) is 13.1. The molecule has 9 heteroatoms. The maximum atomic E-state index is 14.0. The molecule has 9 nitrogen and oxygen atoms in total. The molecular formula is C32H29N5O4. The molecule has 0 fully saturated rings. The fraction of sp³-hybridized carbons (Fsp3) is 0.156. The summed E-state index contributed by atoms with van der Waals surface area (Å²) in [5.74, 6) is 2.33. The van der Waals surface area contributed by atoms with E-state index in [1.165, 1.54) is 0 Å². The standard InChI is InChI=1S/C32H29N5O4/c1-19-27(31(38)34-24-16-7-8-17-25(24)39-2)28(23-15-10-18-26(40-3)29(23)41-4)37-32(33-19)35-30(36-37)22-14-9-12-20-11-5-6-13-21(20)22/h5-18,28H,1-4H3,(H,34,38)(H,33,35,36). The summed E-state index contributed by atoms with van der Waals surface area (Å²) in [6, 6.07) is 26.4. The monoisotopic (exact) mass is 547 g/mol. The number of para-hydroxylation sites is 3. The molecule has 1 aromatic heterocycles. The molecule has 206 valence electrons. The number of aromatic nitrogens is 3. The van der Waals surface area contributed by atoms with Gasteiger partial charge in [-0.05, 0) is 35.9 Å². The lowest BCUT2D eigenvalue weighted by Gasteiger charge is -2.30. The van der Waals surface area contributed by atoms with Gasteiger partial charge in [-0.1, -0.05) is 66.7 Å². The van der Waals surface area contributed by atoms with Crippen molar-refractivity contribution in [3.05, 3.63) is 102 Å². The molecule has 6 rings (SSSR count). The summed E-state index contributed by atoms with van der Waals surface area (Å²) >= 11 is 0. The highest BCUT2D eigenvalue weighted by Gasteiger charge is 2.37. The Morgan fingerprint density at radius 1 is 0.854 bits per heavy atom. The lowest BCUT2D eigenvalue weighted by atomic mass is 9.94. The van der Waals surface area contributed by atoms with Crippen LogP contribution in [0.25, 0.3) is 22.2 Å². The van der Waals surface area contributed by atoms with Gasteiger partial charge in [0, 0.05) is 16.8 Å². The Bertz CT molecular complexity index is 1800. The zero-order valence-electron chi connectivity index (χ0n) is 23.1. The van der Waals surface area contributed by atoms with Crippen LogP contribution in [0, 0.1) is 0 Å². The van der Waals surface area contributed by atoms with Gasteiger partial charge in [0.1, 0.15) is 11.8 Å². The van der Waals surface area contributed by atoms with Crippen LogP contribution in [0.4, 0.5) is 11.6 Å². The quantitative estimate of drug-likeness (QED) is 0.256. The average Bonchev–Trinajstić information content (AvgIpc) is 3.43. The summed E-state index contributed by atoms with van der Waals surface area (Å²) in [6.07, 6.45) is 0. The third kappa shape index (κ3) is 4.51. The summed E-state index contributed by atoms with van der Waals surface area (Å²) in [7, 11) is 4.73. The number of anilines is 2. The topological polar surface area (TPSA) is 99.5 Å². The Morgan fingerprint density at radius 2 is 1.56 bits per heavy atom. The highest BCUT2D eigenvalue weighted by molar-refractivity contribution is 6.07. The minimum atomic E-state index is -0.678. The van der Waals surface area contributed by atoms with Gasteiger partial charge in [-0.3, -0.25) is 4.79 Å². The number of benzene rings is 4. The van der Waals surface area contributed by atoms with E-state index in [0.717, 1.165) is 16.3 Å². The SMILES string of the molecule is COc1ccccc1NC(=O)C1=C(C)Nc2nc(-c3cccc4ccccc34)nn2C1c1cccc(OC)c1OC. The van der Waals surface area contributed by atoms with Crippen molar-refractivity contribution in [1.29, 1.82) is 0 Å². The van der Waals surface area contributed by atoms with Crippen molar-refractivity contribution in [2.75, 3.05) is 32.0 Å². The van der Waals surface area contributed by atoms with Crippen molar-refractivity contribution in [1.82, 2.24) is 14.8 Å². The number of fused-ring (bicyclic) bond motifs is 2. The fourth-order valence-electron chi connectivity index (χ4n) is 5.33. The van der Waals surface area contributed by atoms with Crippen LogP contribution in [0.2, 0.25) is 0 Å². The molecule has 4 aromatic carbocycles. The minimum Gasteiger partial charge on any atom is -0.495 e. The third-order valence-corrected chi connectivity index (χ3v) is 7.21. The lowest BCUT2D eigenvalue weighted by Crippen LogP contribution is -2.32. The van der Waals surface area contributed by atoms with Crippen molar-refractivity contribution in [3.8, 4) is 28.6 Å². The first-order valence-electron chi connectivity index (χ1n) is 13.1. The molecule has 0 aliphatic carbocycles. The summed E-state index contributed by atoms with van der Waals surface area (Å²) in [5, 5.41) is 13.4. The van der Waals surface area contributed by atoms with Gasteiger partial charge < -0.3 is 24.8 Å². The molecule has 41 heavy (non-hydrogen) atoms. The van der Waals surface area contributed by atoms with E-state index < -0.39 is 6.04 Å². The number of ether oxygens (including phenoxy) is 3. The van der Waals surface area contributed by atoms with Crippen LogP contribution in [-0.4, -0.2) is 42.0 Å². The molecule has 2 heterocycles. The molecule has 5 aromatic rings. The number of nitrogens with zero attached hydrogens (tertiary/aromatic N) is 3. The highest BCUT2D eigenvalue weighted by Crippen LogP contribution is 2.44. The lowest BCUT2D eigenvalue weighted by molar-refractivity contribution is -0.113. The molecule has 1 amide bonds. The Balaban J connectivity index is 1.53. The first-order chi connectivity index (χ1) is 20.0. The van der Waals surface area contributed by atoms with E-state index in [-0.39, 0.29) is 5.91 Å². The largest absolute Gasteiger partial charge is 0.495 e. The van der Waals surface area contributed by atoms with Gasteiger partial charge in [0.15, 0.2) is 17.3 Å². The smallest absolute Gasteiger partial charge is 0.255 e. The zero-order chi connectivity index (χ0) is 28.5. The summed E-state index contributed by atoms with van der Waals surface area (Å²) in [6.45, 7) is 1.85. The number of methoxy groups -OCH3 is 3. The van der Waals surface area contributed by atoms with E-state index >= 15 is 0 Å². The van der Waals surface area contributed by atoms with E-state index in [4.69, 9.17) is 24.3 Å². The Morgan fingerprint density at radius 3 is 2.37 bits per heavy atom. The van der Waals surface area contributed by atoms with Gasteiger partial charge in [0.2, 0.25) is 5.95 Å². The second kappa shape index (κ2) is 10.7. The molecule has 0 saturated heterocycles. The zero-order valence-corrected chi connectivity index (χ0v) is 23.1. The highest BCUT2D eigenvalue weighted by atomic mass is 16.5. The van der Waals surface area contributed by atoms with Crippen molar-refractivity contribution < 1.29 is 19.0 Å². The molecule has 0 radical (unpaired) electrons. The second-order valence-electron chi connectivity index (χ2n) is 9.53. The Hall–Kier alpha value is -5.31. The number of nitrogens with one attached hydrogen (secondary N) is 2. The molecule has 0 saturated carbocycles. The molecule has 1 aliphatic heterocycles.